The molecule has 0 saturated carbocycles. The molecule has 2 N–H and O–H groups in total. The van der Waals surface area contributed by atoms with E-state index in [9.17, 15) is 0 Å². The predicted molar refractivity (Wildman–Crippen MR) is 59.0 cm³/mol. The van der Waals surface area contributed by atoms with Crippen molar-refractivity contribution in [2.75, 3.05) is 6.54 Å². The number of fused-ring (bicyclic) bond motifs is 1. The van der Waals surface area contributed by atoms with Crippen molar-refractivity contribution in [2.45, 2.75) is 6.92 Å². The maximum Gasteiger partial charge on any atom is 0.135 e. The van der Waals surface area contributed by atoms with E-state index in [0.29, 0.717) is 6.54 Å². The Kier molecular flexibility index (Phi) is 2.14. The molecule has 0 fully saturated rings. The number of furan rings is 1. The molecule has 1 heterocycles. The van der Waals surface area contributed by atoms with E-state index in [4.69, 9.17) is 10.2 Å². The standard InChI is InChI=1S/C12H13NO/c1-8(7-13)12-9(2)10-5-3-4-6-11(10)14-12/h3-6H,1,7,13H2,2H3. The van der Waals surface area contributed by atoms with E-state index in [2.05, 4.69) is 6.58 Å². The normalized spacial score (nSPS) is 10.7. The summed E-state index contributed by atoms with van der Waals surface area (Å²) in [5.74, 6) is 0.828. The molecule has 1 aromatic carbocycles. The third-order valence-corrected chi connectivity index (χ3v) is 2.41. The van der Waals surface area contributed by atoms with Crippen molar-refractivity contribution in [3.63, 3.8) is 0 Å². The van der Waals surface area contributed by atoms with E-state index in [1.807, 2.05) is 31.2 Å². The van der Waals surface area contributed by atoms with Crippen LogP contribution in [0.15, 0.2) is 35.3 Å². The van der Waals surface area contributed by atoms with Crippen LogP contribution < -0.4 is 5.73 Å². The van der Waals surface area contributed by atoms with E-state index in [0.717, 1.165) is 27.9 Å². The molecule has 0 unspecified atom stereocenters. The number of para-hydroxylation sites is 1. The summed E-state index contributed by atoms with van der Waals surface area (Å²) in [6.45, 7) is 6.34. The third-order valence-electron chi connectivity index (χ3n) is 2.41. The molecule has 2 rings (SSSR count). The summed E-state index contributed by atoms with van der Waals surface area (Å²) >= 11 is 0. The Morgan fingerprint density at radius 1 is 1.43 bits per heavy atom. The number of hydrogen-bond donors (Lipinski definition) is 1. The van der Waals surface area contributed by atoms with Crippen molar-refractivity contribution < 1.29 is 4.42 Å². The van der Waals surface area contributed by atoms with Gasteiger partial charge in [0, 0.05) is 23.1 Å². The highest BCUT2D eigenvalue weighted by Gasteiger charge is 2.10. The largest absolute Gasteiger partial charge is 0.456 e. The fourth-order valence-corrected chi connectivity index (χ4v) is 1.60. The predicted octanol–water partition coefficient (Wildman–Crippen LogP) is 2.71. The maximum atomic E-state index is 5.67. The quantitative estimate of drug-likeness (QED) is 0.785. The lowest BCUT2D eigenvalue weighted by Gasteiger charge is -1.97. The summed E-state index contributed by atoms with van der Waals surface area (Å²) in [4.78, 5) is 0. The molecular weight excluding hydrogens is 174 g/mol. The summed E-state index contributed by atoms with van der Waals surface area (Å²) in [5.41, 5.74) is 8.40. The van der Waals surface area contributed by atoms with E-state index in [1.165, 1.54) is 0 Å². The van der Waals surface area contributed by atoms with Crippen LogP contribution in [-0.2, 0) is 0 Å². The molecule has 0 atom stereocenters. The fraction of sp³-hybridized carbons (Fsp3) is 0.167. The van der Waals surface area contributed by atoms with Gasteiger partial charge in [-0.15, -0.1) is 0 Å². The van der Waals surface area contributed by atoms with Gasteiger partial charge >= 0.3 is 0 Å². The van der Waals surface area contributed by atoms with Crippen molar-refractivity contribution in [2.24, 2.45) is 5.73 Å². The zero-order valence-corrected chi connectivity index (χ0v) is 8.21. The molecule has 0 aliphatic carbocycles. The lowest BCUT2D eigenvalue weighted by atomic mass is 10.1. The van der Waals surface area contributed by atoms with Crippen molar-refractivity contribution >= 4 is 16.5 Å². The van der Waals surface area contributed by atoms with Crippen LogP contribution in [0, 0.1) is 6.92 Å². The van der Waals surface area contributed by atoms with Crippen LogP contribution in [0.5, 0.6) is 0 Å². The summed E-state index contributed by atoms with van der Waals surface area (Å²) in [7, 11) is 0. The monoisotopic (exact) mass is 187 g/mol. The molecular formula is C12H13NO. The number of hydrogen-bond acceptors (Lipinski definition) is 2. The molecule has 14 heavy (non-hydrogen) atoms. The average molecular weight is 187 g/mol. The molecule has 2 nitrogen and oxygen atoms in total. The van der Waals surface area contributed by atoms with Gasteiger partial charge in [-0.2, -0.15) is 0 Å². The molecule has 72 valence electrons. The van der Waals surface area contributed by atoms with Crippen molar-refractivity contribution in [1.82, 2.24) is 0 Å². The highest BCUT2D eigenvalue weighted by atomic mass is 16.3. The molecule has 0 spiro atoms. The third kappa shape index (κ3) is 1.24. The smallest absolute Gasteiger partial charge is 0.135 e. The molecule has 0 radical (unpaired) electrons. The van der Waals surface area contributed by atoms with E-state index < -0.39 is 0 Å². The van der Waals surface area contributed by atoms with E-state index >= 15 is 0 Å². The van der Waals surface area contributed by atoms with Crippen molar-refractivity contribution in [3.05, 3.63) is 42.2 Å². The van der Waals surface area contributed by atoms with Crippen molar-refractivity contribution in [1.29, 1.82) is 0 Å². The van der Waals surface area contributed by atoms with E-state index in [-0.39, 0.29) is 0 Å². The van der Waals surface area contributed by atoms with Gasteiger partial charge < -0.3 is 10.2 Å². The molecule has 0 bridgehead atoms. The second-order valence-corrected chi connectivity index (χ2v) is 3.36. The van der Waals surface area contributed by atoms with E-state index in [1.54, 1.807) is 0 Å². The minimum absolute atomic E-state index is 0.431. The molecule has 0 aliphatic heterocycles. The van der Waals surface area contributed by atoms with Gasteiger partial charge in [0.05, 0.1) is 0 Å². The molecule has 2 aromatic rings. The van der Waals surface area contributed by atoms with Gasteiger partial charge in [0.2, 0.25) is 0 Å². The highest BCUT2D eigenvalue weighted by Crippen LogP contribution is 2.28. The van der Waals surface area contributed by atoms with Crippen LogP contribution in [0.3, 0.4) is 0 Å². The first kappa shape index (κ1) is 9.03. The van der Waals surface area contributed by atoms with Crippen LogP contribution >= 0.6 is 0 Å². The zero-order valence-electron chi connectivity index (χ0n) is 8.21. The maximum absolute atomic E-state index is 5.67. The van der Waals surface area contributed by atoms with Crippen LogP contribution in [0.4, 0.5) is 0 Å². The number of aryl methyl sites for hydroxylation is 1. The lowest BCUT2D eigenvalue weighted by molar-refractivity contribution is 0.595. The Morgan fingerprint density at radius 2 is 2.14 bits per heavy atom. The Morgan fingerprint density at radius 3 is 2.79 bits per heavy atom. The second-order valence-electron chi connectivity index (χ2n) is 3.36. The Bertz CT molecular complexity index is 482. The van der Waals surface area contributed by atoms with Gasteiger partial charge in [0.25, 0.3) is 0 Å². The SMILES string of the molecule is C=C(CN)c1oc2ccccc2c1C. The molecule has 0 amide bonds. The minimum atomic E-state index is 0.431. The minimum Gasteiger partial charge on any atom is -0.456 e. The Balaban J connectivity index is 2.68. The second kappa shape index (κ2) is 3.31. The lowest BCUT2D eigenvalue weighted by Crippen LogP contribution is -2.00. The van der Waals surface area contributed by atoms with Gasteiger partial charge in [-0.25, -0.2) is 0 Å². The van der Waals surface area contributed by atoms with Gasteiger partial charge in [0.15, 0.2) is 0 Å². The fourth-order valence-electron chi connectivity index (χ4n) is 1.60. The zero-order chi connectivity index (χ0) is 10.1. The summed E-state index contributed by atoms with van der Waals surface area (Å²) < 4.78 is 5.67. The molecule has 0 saturated heterocycles. The first-order valence-electron chi connectivity index (χ1n) is 4.60. The highest BCUT2D eigenvalue weighted by molar-refractivity contribution is 5.86. The van der Waals surface area contributed by atoms with Gasteiger partial charge in [0.1, 0.15) is 11.3 Å². The first-order chi connectivity index (χ1) is 6.74. The Hall–Kier alpha value is -1.54. The van der Waals surface area contributed by atoms with Gasteiger partial charge in [-0.3, -0.25) is 0 Å². The summed E-state index contributed by atoms with van der Waals surface area (Å²) in [6, 6.07) is 7.96. The van der Waals surface area contributed by atoms with Gasteiger partial charge in [-0.1, -0.05) is 24.8 Å². The number of benzene rings is 1. The first-order valence-corrected chi connectivity index (χ1v) is 4.60. The Labute approximate surface area is 83.0 Å². The molecule has 0 aliphatic rings. The summed E-state index contributed by atoms with van der Waals surface area (Å²) in [5, 5.41) is 1.14. The summed E-state index contributed by atoms with van der Waals surface area (Å²) in [6.07, 6.45) is 0. The van der Waals surface area contributed by atoms with Crippen LogP contribution in [0.2, 0.25) is 0 Å². The average Bonchev–Trinajstić information content (AvgIpc) is 2.56. The van der Waals surface area contributed by atoms with Crippen LogP contribution in [0.25, 0.3) is 16.5 Å². The molecule has 1 aromatic heterocycles. The van der Waals surface area contributed by atoms with Crippen LogP contribution in [0.1, 0.15) is 11.3 Å². The number of rotatable bonds is 2. The molecule has 2 heteroatoms. The van der Waals surface area contributed by atoms with Crippen LogP contribution in [-0.4, -0.2) is 6.54 Å². The van der Waals surface area contributed by atoms with Crippen molar-refractivity contribution in [3.8, 4) is 0 Å². The van der Waals surface area contributed by atoms with Gasteiger partial charge in [-0.05, 0) is 13.0 Å². The topological polar surface area (TPSA) is 39.2 Å². The number of nitrogens with two attached hydrogens (primary N) is 1.